The summed E-state index contributed by atoms with van der Waals surface area (Å²) in [6.07, 6.45) is 12.4. The molecule has 8 heteroatoms. The topological polar surface area (TPSA) is 119 Å². The summed E-state index contributed by atoms with van der Waals surface area (Å²) in [5.74, 6) is 0.0291. The van der Waals surface area contributed by atoms with Crippen LogP contribution in [0.5, 0.6) is 0 Å². The van der Waals surface area contributed by atoms with Crippen LogP contribution in [0.3, 0.4) is 0 Å². The maximum Gasteiger partial charge on any atom is 0.301 e. The van der Waals surface area contributed by atoms with E-state index in [1.54, 1.807) is 14.2 Å². The lowest BCUT2D eigenvalue weighted by Crippen LogP contribution is -2.68. The normalized spacial score (nSPS) is 62.1. The maximum atomic E-state index is 13.1. The Bertz CT molecular complexity index is 1220. The summed E-state index contributed by atoms with van der Waals surface area (Å²) in [5.41, 5.74) is -0.422. The number of ketones is 2. The van der Waals surface area contributed by atoms with Gasteiger partial charge in [0.05, 0.1) is 31.7 Å². The molecule has 10 fully saturated rings. The zero-order chi connectivity index (χ0) is 30.8. The van der Waals surface area contributed by atoms with Crippen LogP contribution in [0.1, 0.15) is 104 Å². The van der Waals surface area contributed by atoms with Crippen LogP contribution >= 0.6 is 0 Å². The monoisotopic (exact) mass is 612 g/mol. The van der Waals surface area contributed by atoms with Crippen molar-refractivity contribution < 1.29 is 38.7 Å². The minimum atomic E-state index is -0.710. The van der Waals surface area contributed by atoms with E-state index in [2.05, 4.69) is 13.8 Å². The second kappa shape index (κ2) is 8.57. The molecule has 4 bridgehead atoms. The predicted octanol–water partition coefficient (Wildman–Crippen LogP) is 3.92. The fraction of sp³-hybridized carbons (Fsp3) is 0.944. The molecule has 44 heavy (non-hydrogen) atoms. The molecule has 2 N–H and O–H groups in total. The van der Waals surface area contributed by atoms with Gasteiger partial charge in [0.15, 0.2) is 11.6 Å². The van der Waals surface area contributed by atoms with Gasteiger partial charge >= 0.3 is 5.78 Å². The Labute approximate surface area is 261 Å². The Morgan fingerprint density at radius 1 is 0.773 bits per heavy atom. The third kappa shape index (κ3) is 2.55. The molecule has 0 unspecified atom stereocenters. The Kier molecular flexibility index (Phi) is 5.70. The predicted molar refractivity (Wildman–Crippen MR) is 158 cm³/mol. The number of Topliss-reactive ketones (excluding diaryl/α,β-unsaturated/α-hetero) is 1. The highest BCUT2D eigenvalue weighted by Gasteiger charge is 2.87. The molecule has 244 valence electrons. The molecule has 0 aromatic rings. The fourth-order valence-electron chi connectivity index (χ4n) is 15.9. The third-order valence-electron chi connectivity index (χ3n) is 17.5. The quantitative estimate of drug-likeness (QED) is 0.470. The Hall–Kier alpha value is -0.900. The highest BCUT2D eigenvalue weighted by Crippen LogP contribution is 2.84. The Morgan fingerprint density at radius 2 is 1.32 bits per heavy atom. The van der Waals surface area contributed by atoms with Gasteiger partial charge in [0.1, 0.15) is 11.7 Å². The van der Waals surface area contributed by atoms with Gasteiger partial charge in [-0.05, 0) is 75.0 Å². The molecule has 2 saturated heterocycles. The molecule has 2 aliphatic heterocycles. The second-order valence-corrected chi connectivity index (χ2v) is 17.4. The second-order valence-electron chi connectivity index (χ2n) is 17.4. The minimum Gasteiger partial charge on any atom is -0.852 e. The molecule has 0 amide bonds. The van der Waals surface area contributed by atoms with Crippen LogP contribution in [0, 0.1) is 56.2 Å². The molecule has 0 aromatic carbocycles. The number of aliphatic hydroxyl groups is 1. The van der Waals surface area contributed by atoms with Crippen molar-refractivity contribution >= 4 is 11.6 Å². The standard InChI is InChI=1S/C18H26O4.C18H25O4/c2*1-15-5-3-6-16(15)10-22-18(21-2)12-8-11(9-14(15)20)17(16,18)7-4-13(12)19/h11-12,14,20H,3-10H2,1-2H3;11-12,14H,3-10H2,1-2H3/q;-1/p+1/t2*11-,12-,14-,15+,16+,17-,18-/m01/s1. The van der Waals surface area contributed by atoms with Crippen molar-refractivity contribution in [3.8, 4) is 0 Å². The first-order valence-corrected chi connectivity index (χ1v) is 17.7. The number of carbonyl (C=O) groups is 1. The lowest BCUT2D eigenvalue weighted by molar-refractivity contribution is -0.473. The first-order valence-electron chi connectivity index (χ1n) is 17.7. The van der Waals surface area contributed by atoms with Crippen LogP contribution in [0.4, 0.5) is 0 Å². The summed E-state index contributed by atoms with van der Waals surface area (Å²) in [5, 5.41) is 24.1. The number of aliphatic hydroxyl groups excluding tert-OH is 1. The van der Waals surface area contributed by atoms with Crippen LogP contribution in [-0.4, -0.2) is 72.7 Å². The average Bonchev–Trinajstić information content (AvgIpc) is 3.78. The lowest BCUT2D eigenvalue weighted by atomic mass is 9.42. The molecular formula is C36H52O8. The van der Waals surface area contributed by atoms with Crippen molar-refractivity contribution in [1.82, 2.24) is 0 Å². The summed E-state index contributed by atoms with van der Waals surface area (Å²) in [6.45, 7) is 5.81. The molecule has 0 radical (unpaired) electrons. The molecule has 8 saturated carbocycles. The van der Waals surface area contributed by atoms with E-state index in [-0.39, 0.29) is 50.4 Å². The van der Waals surface area contributed by atoms with E-state index in [4.69, 9.17) is 18.9 Å². The van der Waals surface area contributed by atoms with Gasteiger partial charge in [0, 0.05) is 47.7 Å². The SMILES string of the molecule is CO[C@@]12OC[C@@]34CCC[C@@]3(C)[C@H]([O-])C[C@H]3C[C@@H]1C(=[OH+])CC[C@]324.CO[C@]12OC[C@]34CCC[C@]3(C)[C@@H](O)C[C@@H]3C[C@H]1C(=O)CC[C@@]324. The van der Waals surface area contributed by atoms with Gasteiger partial charge in [-0.1, -0.05) is 33.1 Å². The number of carbonyl (C=O) groups excluding carboxylic acids is 2. The van der Waals surface area contributed by atoms with E-state index in [1.807, 2.05) is 0 Å². The molecule has 8 aliphatic carbocycles. The van der Waals surface area contributed by atoms with Crippen molar-refractivity contribution in [2.24, 2.45) is 56.2 Å². The molecule has 2 heterocycles. The number of ether oxygens (including phenoxy) is 4. The first-order chi connectivity index (χ1) is 20.9. The molecule has 10 rings (SSSR count). The maximum absolute atomic E-state index is 13.1. The number of rotatable bonds is 2. The van der Waals surface area contributed by atoms with Gasteiger partial charge < -0.3 is 29.2 Å². The summed E-state index contributed by atoms with van der Waals surface area (Å²) in [6, 6.07) is 0. The number of hydrogen-bond donors (Lipinski definition) is 1. The van der Waals surface area contributed by atoms with E-state index in [9.17, 15) is 19.8 Å². The first kappa shape index (κ1) is 29.3. The van der Waals surface area contributed by atoms with Crippen LogP contribution < -0.4 is 5.11 Å². The van der Waals surface area contributed by atoms with E-state index < -0.39 is 17.7 Å². The number of hydrogen-bond acceptors (Lipinski definition) is 7. The van der Waals surface area contributed by atoms with Crippen LogP contribution in [0.2, 0.25) is 0 Å². The van der Waals surface area contributed by atoms with E-state index >= 15 is 0 Å². The fourth-order valence-corrected chi connectivity index (χ4v) is 15.9. The van der Waals surface area contributed by atoms with Gasteiger partial charge in [0.2, 0.25) is 0 Å². The van der Waals surface area contributed by atoms with E-state index in [0.29, 0.717) is 43.0 Å². The highest BCUT2D eigenvalue weighted by atomic mass is 16.7. The summed E-state index contributed by atoms with van der Waals surface area (Å²) >= 11 is 0. The van der Waals surface area contributed by atoms with E-state index in [0.717, 1.165) is 83.5 Å². The van der Waals surface area contributed by atoms with Crippen molar-refractivity contribution in [2.75, 3.05) is 27.4 Å². The van der Waals surface area contributed by atoms with Gasteiger partial charge in [0.25, 0.3) is 0 Å². The molecular weight excluding hydrogens is 560 g/mol. The van der Waals surface area contributed by atoms with Gasteiger partial charge in [-0.25, -0.2) is 0 Å². The Balaban J connectivity index is 0.000000123. The summed E-state index contributed by atoms with van der Waals surface area (Å²) in [7, 11) is 3.47. The van der Waals surface area contributed by atoms with E-state index in [1.165, 1.54) is 0 Å². The van der Waals surface area contributed by atoms with Crippen molar-refractivity contribution in [1.29, 1.82) is 0 Å². The van der Waals surface area contributed by atoms with Crippen LogP contribution in [0.15, 0.2) is 0 Å². The molecule has 8 nitrogen and oxygen atoms in total. The largest absolute Gasteiger partial charge is 0.852 e. The van der Waals surface area contributed by atoms with Crippen molar-refractivity contribution in [3.63, 3.8) is 0 Å². The number of methoxy groups -OCH3 is 2. The summed E-state index contributed by atoms with van der Waals surface area (Å²) < 4.78 is 25.0. The molecule has 10 aliphatic rings. The highest BCUT2D eigenvalue weighted by molar-refractivity contribution is 5.86. The van der Waals surface area contributed by atoms with Gasteiger partial charge in [-0.2, -0.15) is 0 Å². The lowest BCUT2D eigenvalue weighted by Gasteiger charge is -2.65. The smallest absolute Gasteiger partial charge is 0.301 e. The molecule has 0 aromatic heterocycles. The molecule has 14 atom stereocenters. The van der Waals surface area contributed by atoms with Crippen LogP contribution in [0.25, 0.3) is 0 Å². The molecule has 4 spiro atoms. The minimum absolute atomic E-state index is 0.00616. The van der Waals surface area contributed by atoms with Gasteiger partial charge in [-0.15, -0.1) is 6.10 Å². The third-order valence-corrected chi connectivity index (χ3v) is 17.5. The van der Waals surface area contributed by atoms with Crippen molar-refractivity contribution in [3.05, 3.63) is 0 Å². The van der Waals surface area contributed by atoms with Crippen molar-refractivity contribution in [2.45, 2.75) is 128 Å². The van der Waals surface area contributed by atoms with Crippen LogP contribution in [-0.2, 0) is 23.7 Å². The Morgan fingerprint density at radius 3 is 1.98 bits per heavy atom. The summed E-state index contributed by atoms with van der Waals surface area (Å²) in [4.78, 5) is 23.1. The average molecular weight is 613 g/mol. The zero-order valence-electron chi connectivity index (χ0n) is 27.1. The van der Waals surface area contributed by atoms with Gasteiger partial charge in [-0.3, -0.25) is 9.59 Å². The zero-order valence-corrected chi connectivity index (χ0v) is 27.1.